The molecule has 1 aliphatic heterocycles. The van der Waals surface area contributed by atoms with E-state index in [1.807, 2.05) is 31.2 Å². The summed E-state index contributed by atoms with van der Waals surface area (Å²) < 4.78 is 7.42. The van der Waals surface area contributed by atoms with Gasteiger partial charge in [-0.1, -0.05) is 35.3 Å². The first-order chi connectivity index (χ1) is 13.0. The van der Waals surface area contributed by atoms with Crippen molar-refractivity contribution in [2.45, 2.75) is 19.1 Å². The van der Waals surface area contributed by atoms with Crippen LogP contribution in [-0.2, 0) is 4.74 Å². The molecule has 0 saturated carbocycles. The van der Waals surface area contributed by atoms with Gasteiger partial charge in [-0.3, -0.25) is 9.47 Å². The first-order valence-corrected chi connectivity index (χ1v) is 9.12. The molecule has 27 heavy (non-hydrogen) atoms. The summed E-state index contributed by atoms with van der Waals surface area (Å²) in [7, 11) is 0. The number of hydrogen-bond donors (Lipinski definition) is 1. The molecule has 2 atom stereocenters. The lowest BCUT2D eigenvalue weighted by atomic mass is 9.99. The van der Waals surface area contributed by atoms with Crippen molar-refractivity contribution in [1.82, 2.24) is 19.4 Å². The number of halogens is 2. The van der Waals surface area contributed by atoms with Gasteiger partial charge < -0.3 is 9.84 Å². The van der Waals surface area contributed by atoms with Gasteiger partial charge in [0, 0.05) is 12.2 Å². The van der Waals surface area contributed by atoms with Crippen LogP contribution in [0.2, 0.25) is 10.3 Å². The Morgan fingerprint density at radius 1 is 1.26 bits per heavy atom. The first kappa shape index (κ1) is 18.0. The molecule has 1 fully saturated rings. The summed E-state index contributed by atoms with van der Waals surface area (Å²) in [6.07, 6.45) is 0.200. The molecule has 9 heteroatoms. The van der Waals surface area contributed by atoms with Gasteiger partial charge in [0.05, 0.1) is 24.1 Å². The lowest BCUT2D eigenvalue weighted by Crippen LogP contribution is -2.46. The molecular formula is C18H16Cl2N4O3. The predicted octanol–water partition coefficient (Wildman–Crippen LogP) is 4.17. The number of benzene rings is 1. The summed E-state index contributed by atoms with van der Waals surface area (Å²) in [5.74, 6) is 0. The first-order valence-electron chi connectivity index (χ1n) is 8.36. The van der Waals surface area contributed by atoms with E-state index in [2.05, 4.69) is 9.97 Å². The molecule has 140 valence electrons. The SMILES string of the molecule is C[C@@H]1OCCN(C(=O)O)[C@H]1c1ccc(-n2c(Cl)cc3c(Cl)ncnc32)cc1. The minimum absolute atomic E-state index is 0.233. The Balaban J connectivity index is 1.74. The number of rotatable bonds is 2. The second kappa shape index (κ2) is 6.99. The highest BCUT2D eigenvalue weighted by molar-refractivity contribution is 6.36. The van der Waals surface area contributed by atoms with Crippen LogP contribution in [0, 0.1) is 0 Å². The lowest BCUT2D eigenvalue weighted by molar-refractivity contribution is -0.0532. The molecule has 0 radical (unpaired) electrons. The van der Waals surface area contributed by atoms with Gasteiger partial charge in [-0.25, -0.2) is 14.8 Å². The Morgan fingerprint density at radius 3 is 2.70 bits per heavy atom. The predicted molar refractivity (Wildman–Crippen MR) is 102 cm³/mol. The van der Waals surface area contributed by atoms with Crippen LogP contribution in [0.4, 0.5) is 4.79 Å². The van der Waals surface area contributed by atoms with E-state index >= 15 is 0 Å². The van der Waals surface area contributed by atoms with Gasteiger partial charge in [0.15, 0.2) is 5.65 Å². The molecule has 0 bridgehead atoms. The summed E-state index contributed by atoms with van der Waals surface area (Å²) in [5, 5.41) is 11.0. The smallest absolute Gasteiger partial charge is 0.407 e. The third-order valence-electron chi connectivity index (χ3n) is 4.73. The number of fused-ring (bicyclic) bond motifs is 1. The van der Waals surface area contributed by atoms with Gasteiger partial charge in [0.25, 0.3) is 0 Å². The highest BCUT2D eigenvalue weighted by atomic mass is 35.5. The van der Waals surface area contributed by atoms with E-state index in [0.29, 0.717) is 34.5 Å². The summed E-state index contributed by atoms with van der Waals surface area (Å²) in [5.41, 5.74) is 2.25. The molecule has 1 N–H and O–H groups in total. The molecule has 3 aromatic rings. The zero-order chi connectivity index (χ0) is 19.1. The molecule has 1 aliphatic rings. The van der Waals surface area contributed by atoms with E-state index in [1.165, 1.54) is 11.2 Å². The molecule has 1 saturated heterocycles. The third-order valence-corrected chi connectivity index (χ3v) is 5.31. The van der Waals surface area contributed by atoms with Crippen LogP contribution in [-0.4, -0.2) is 49.9 Å². The average molecular weight is 407 g/mol. The van der Waals surface area contributed by atoms with Crippen molar-refractivity contribution in [3.63, 3.8) is 0 Å². The normalized spacial score (nSPS) is 20.2. The van der Waals surface area contributed by atoms with E-state index < -0.39 is 6.09 Å². The molecule has 7 nitrogen and oxygen atoms in total. The number of morpholine rings is 1. The minimum atomic E-state index is -0.954. The fraction of sp³-hybridized carbons (Fsp3) is 0.278. The van der Waals surface area contributed by atoms with Gasteiger partial charge in [0.1, 0.15) is 16.6 Å². The largest absolute Gasteiger partial charge is 0.465 e. The molecule has 0 spiro atoms. The second-order valence-corrected chi connectivity index (χ2v) is 7.04. The molecule has 2 aromatic heterocycles. The number of carboxylic acid groups (broad SMARTS) is 1. The topological polar surface area (TPSA) is 80.5 Å². The van der Waals surface area contributed by atoms with E-state index in [0.717, 1.165) is 11.3 Å². The highest BCUT2D eigenvalue weighted by Gasteiger charge is 2.33. The molecule has 4 rings (SSSR count). The van der Waals surface area contributed by atoms with Crippen molar-refractivity contribution in [3.8, 4) is 5.69 Å². The number of carbonyl (C=O) groups is 1. The van der Waals surface area contributed by atoms with Crippen molar-refractivity contribution in [3.05, 3.63) is 52.5 Å². The molecular weight excluding hydrogens is 391 g/mol. The van der Waals surface area contributed by atoms with Crippen LogP contribution < -0.4 is 0 Å². The van der Waals surface area contributed by atoms with Crippen LogP contribution in [0.3, 0.4) is 0 Å². The number of ether oxygens (including phenoxy) is 1. The van der Waals surface area contributed by atoms with Crippen molar-refractivity contribution >= 4 is 40.3 Å². The molecule has 1 amide bonds. The quantitative estimate of drug-likeness (QED) is 0.645. The monoisotopic (exact) mass is 406 g/mol. The number of amides is 1. The van der Waals surface area contributed by atoms with Gasteiger partial charge in [-0.2, -0.15) is 0 Å². The van der Waals surface area contributed by atoms with Gasteiger partial charge in [-0.05, 0) is 30.7 Å². The zero-order valence-electron chi connectivity index (χ0n) is 14.3. The summed E-state index contributed by atoms with van der Waals surface area (Å²) >= 11 is 12.5. The summed E-state index contributed by atoms with van der Waals surface area (Å²) in [6, 6.07) is 8.86. The standard InChI is InChI=1S/C18H16Cl2N4O3/c1-10-15(23(18(25)26)6-7-27-10)11-2-4-12(5-3-11)24-14(19)8-13-16(20)21-9-22-17(13)24/h2-5,8-10,15H,6-7H2,1H3,(H,25,26)/t10-,15+/m0/s1. The number of hydrogen-bond acceptors (Lipinski definition) is 4. The van der Waals surface area contributed by atoms with Crippen LogP contribution in [0.15, 0.2) is 36.7 Å². The summed E-state index contributed by atoms with van der Waals surface area (Å²) in [6.45, 7) is 2.62. The van der Waals surface area contributed by atoms with Gasteiger partial charge in [0.2, 0.25) is 0 Å². The zero-order valence-corrected chi connectivity index (χ0v) is 15.9. The molecule has 3 heterocycles. The van der Waals surface area contributed by atoms with E-state index in [-0.39, 0.29) is 12.1 Å². The van der Waals surface area contributed by atoms with Crippen LogP contribution in [0.1, 0.15) is 18.5 Å². The van der Waals surface area contributed by atoms with Gasteiger partial charge in [-0.15, -0.1) is 0 Å². The van der Waals surface area contributed by atoms with Crippen molar-refractivity contribution in [2.24, 2.45) is 0 Å². The average Bonchev–Trinajstić information content (AvgIpc) is 2.99. The number of aromatic nitrogens is 3. The Morgan fingerprint density at radius 2 is 2.00 bits per heavy atom. The minimum Gasteiger partial charge on any atom is -0.465 e. The highest BCUT2D eigenvalue weighted by Crippen LogP contribution is 2.33. The fourth-order valence-electron chi connectivity index (χ4n) is 3.51. The maximum atomic E-state index is 11.6. The van der Waals surface area contributed by atoms with Crippen LogP contribution in [0.5, 0.6) is 0 Å². The molecule has 0 unspecified atom stereocenters. The van der Waals surface area contributed by atoms with Crippen molar-refractivity contribution in [2.75, 3.05) is 13.2 Å². The number of nitrogens with zero attached hydrogens (tertiary/aromatic N) is 4. The maximum absolute atomic E-state index is 11.6. The van der Waals surface area contributed by atoms with Crippen LogP contribution in [0.25, 0.3) is 16.7 Å². The lowest BCUT2D eigenvalue weighted by Gasteiger charge is -2.38. The second-order valence-electron chi connectivity index (χ2n) is 6.29. The van der Waals surface area contributed by atoms with E-state index in [1.54, 1.807) is 10.6 Å². The van der Waals surface area contributed by atoms with Crippen LogP contribution >= 0.6 is 23.2 Å². The summed E-state index contributed by atoms with van der Waals surface area (Å²) in [4.78, 5) is 21.2. The Labute approximate surface area is 165 Å². The Hall–Kier alpha value is -2.35. The molecule has 1 aromatic carbocycles. The van der Waals surface area contributed by atoms with Crippen molar-refractivity contribution in [1.29, 1.82) is 0 Å². The maximum Gasteiger partial charge on any atom is 0.407 e. The van der Waals surface area contributed by atoms with E-state index in [4.69, 9.17) is 27.9 Å². The van der Waals surface area contributed by atoms with Gasteiger partial charge >= 0.3 is 6.09 Å². The Kier molecular flexibility index (Phi) is 4.67. The van der Waals surface area contributed by atoms with E-state index in [9.17, 15) is 9.90 Å². The van der Waals surface area contributed by atoms with Crippen molar-refractivity contribution < 1.29 is 14.6 Å². The Bertz CT molecular complexity index is 1010. The molecule has 0 aliphatic carbocycles. The fourth-order valence-corrected chi connectivity index (χ4v) is 3.97. The third kappa shape index (κ3) is 3.12.